The molecule has 0 heterocycles. The van der Waals surface area contributed by atoms with Crippen molar-refractivity contribution in [2.75, 3.05) is 13.1 Å². The number of alkyl halides is 3. The van der Waals surface area contributed by atoms with Crippen LogP contribution in [0.5, 0.6) is 0 Å². The van der Waals surface area contributed by atoms with Crippen LogP contribution >= 0.6 is 0 Å². The van der Waals surface area contributed by atoms with Gasteiger partial charge >= 0.3 is 6.18 Å². The number of nitrogens with two attached hydrogens (primary N) is 1. The van der Waals surface area contributed by atoms with E-state index in [1.807, 2.05) is 13.8 Å². The molecule has 0 aliphatic heterocycles. The number of hydrogen-bond donors (Lipinski definition) is 2. The van der Waals surface area contributed by atoms with Crippen LogP contribution in [0.1, 0.15) is 26.7 Å². The van der Waals surface area contributed by atoms with Gasteiger partial charge in [-0.05, 0) is 12.0 Å². The summed E-state index contributed by atoms with van der Waals surface area (Å²) in [4.78, 5) is 11.0. The van der Waals surface area contributed by atoms with E-state index in [9.17, 15) is 18.0 Å². The Morgan fingerprint density at radius 1 is 1.33 bits per heavy atom. The molecule has 0 aliphatic carbocycles. The molecular weight excluding hydrogens is 209 g/mol. The van der Waals surface area contributed by atoms with Gasteiger partial charge in [-0.1, -0.05) is 13.8 Å². The Kier molecular flexibility index (Phi) is 5.07. The van der Waals surface area contributed by atoms with Gasteiger partial charge in [0.15, 0.2) is 0 Å². The number of carbonyl (C=O) groups is 1. The van der Waals surface area contributed by atoms with E-state index in [1.165, 1.54) is 0 Å². The summed E-state index contributed by atoms with van der Waals surface area (Å²) in [6.45, 7) is 4.32. The number of rotatable bonds is 5. The van der Waals surface area contributed by atoms with Gasteiger partial charge in [0.1, 0.15) is 0 Å². The first-order valence-corrected chi connectivity index (χ1v) is 4.70. The molecule has 0 saturated heterocycles. The molecule has 6 heteroatoms. The second kappa shape index (κ2) is 5.34. The molecule has 0 rings (SSSR count). The lowest BCUT2D eigenvalue weighted by Crippen LogP contribution is -2.38. The highest BCUT2D eigenvalue weighted by atomic mass is 19.4. The third-order valence-corrected chi connectivity index (χ3v) is 1.95. The van der Waals surface area contributed by atoms with Crippen molar-refractivity contribution in [2.24, 2.45) is 11.1 Å². The minimum atomic E-state index is -4.28. The maximum atomic E-state index is 11.8. The molecule has 90 valence electrons. The molecule has 0 aromatic heterocycles. The van der Waals surface area contributed by atoms with Crippen LogP contribution < -0.4 is 11.1 Å². The Morgan fingerprint density at radius 2 is 1.87 bits per heavy atom. The predicted molar refractivity (Wildman–Crippen MR) is 51.1 cm³/mol. The van der Waals surface area contributed by atoms with Crippen molar-refractivity contribution in [3.8, 4) is 0 Å². The molecule has 3 N–H and O–H groups in total. The Hall–Kier alpha value is -0.780. The number of halogens is 3. The fourth-order valence-electron chi connectivity index (χ4n) is 0.754. The summed E-state index contributed by atoms with van der Waals surface area (Å²) >= 11 is 0. The van der Waals surface area contributed by atoms with Crippen molar-refractivity contribution in [2.45, 2.75) is 32.9 Å². The Balaban J connectivity index is 3.77. The van der Waals surface area contributed by atoms with Crippen LogP contribution in [0.4, 0.5) is 13.2 Å². The zero-order valence-electron chi connectivity index (χ0n) is 8.95. The molecule has 15 heavy (non-hydrogen) atoms. The second-order valence-electron chi connectivity index (χ2n) is 4.26. The first-order valence-electron chi connectivity index (χ1n) is 4.70. The number of carbonyl (C=O) groups excluding carboxylic acids is 1. The highest BCUT2D eigenvalue weighted by Crippen LogP contribution is 2.21. The van der Waals surface area contributed by atoms with E-state index >= 15 is 0 Å². The van der Waals surface area contributed by atoms with Gasteiger partial charge in [0.25, 0.3) is 0 Å². The van der Waals surface area contributed by atoms with Gasteiger partial charge < -0.3 is 11.1 Å². The smallest absolute Gasteiger partial charge is 0.356 e. The fraction of sp³-hybridized carbons (Fsp3) is 0.889. The molecule has 0 radical (unpaired) electrons. The SMILES string of the molecule is CC(C)(CN)CNC(=O)CCC(F)(F)F. The van der Waals surface area contributed by atoms with E-state index in [0.29, 0.717) is 13.1 Å². The van der Waals surface area contributed by atoms with Crippen molar-refractivity contribution >= 4 is 5.91 Å². The van der Waals surface area contributed by atoms with Crippen molar-refractivity contribution in [3.63, 3.8) is 0 Å². The van der Waals surface area contributed by atoms with Gasteiger partial charge in [-0.2, -0.15) is 13.2 Å². The van der Waals surface area contributed by atoms with Gasteiger partial charge in [0.05, 0.1) is 6.42 Å². The molecule has 0 aliphatic rings. The summed E-state index contributed by atoms with van der Waals surface area (Å²) in [6, 6.07) is 0. The number of nitrogens with one attached hydrogen (secondary N) is 1. The average molecular weight is 226 g/mol. The summed E-state index contributed by atoms with van der Waals surface area (Å²) in [5.41, 5.74) is 5.12. The zero-order chi connectivity index (χ0) is 12.1. The lowest BCUT2D eigenvalue weighted by atomic mass is 9.94. The quantitative estimate of drug-likeness (QED) is 0.745. The maximum Gasteiger partial charge on any atom is 0.389 e. The Labute approximate surface area is 87.2 Å². The van der Waals surface area contributed by atoms with Gasteiger partial charge in [0, 0.05) is 13.0 Å². The minimum absolute atomic E-state index is 0.284. The van der Waals surface area contributed by atoms with Crippen molar-refractivity contribution in [3.05, 3.63) is 0 Å². The Bertz CT molecular complexity index is 214. The van der Waals surface area contributed by atoms with E-state index in [-0.39, 0.29) is 5.41 Å². The normalized spacial score (nSPS) is 12.7. The van der Waals surface area contributed by atoms with Crippen LogP contribution in [-0.2, 0) is 4.79 Å². The van der Waals surface area contributed by atoms with Crippen molar-refractivity contribution in [1.82, 2.24) is 5.32 Å². The van der Waals surface area contributed by atoms with Crippen LogP contribution in [0.2, 0.25) is 0 Å². The van der Waals surface area contributed by atoms with E-state index < -0.39 is 24.9 Å². The third-order valence-electron chi connectivity index (χ3n) is 1.95. The van der Waals surface area contributed by atoms with Gasteiger partial charge in [-0.3, -0.25) is 4.79 Å². The maximum absolute atomic E-state index is 11.8. The predicted octanol–water partition coefficient (Wildman–Crippen LogP) is 1.43. The van der Waals surface area contributed by atoms with Crippen LogP contribution in [0.3, 0.4) is 0 Å². The summed E-state index contributed by atoms with van der Waals surface area (Å²) in [5.74, 6) is -0.589. The molecule has 0 atom stereocenters. The van der Waals surface area contributed by atoms with Crippen LogP contribution in [0, 0.1) is 5.41 Å². The average Bonchev–Trinajstić information content (AvgIpc) is 2.10. The molecule has 0 spiro atoms. The van der Waals surface area contributed by atoms with Crippen LogP contribution in [-0.4, -0.2) is 25.2 Å². The number of amides is 1. The molecule has 0 aromatic rings. The van der Waals surface area contributed by atoms with E-state index in [1.54, 1.807) is 0 Å². The summed E-state index contributed by atoms with van der Waals surface area (Å²) in [7, 11) is 0. The van der Waals surface area contributed by atoms with Gasteiger partial charge in [-0.25, -0.2) is 0 Å². The monoisotopic (exact) mass is 226 g/mol. The highest BCUT2D eigenvalue weighted by molar-refractivity contribution is 5.75. The molecule has 0 saturated carbocycles. The summed E-state index contributed by atoms with van der Waals surface area (Å²) < 4.78 is 35.3. The van der Waals surface area contributed by atoms with Gasteiger partial charge in [-0.15, -0.1) is 0 Å². The summed E-state index contributed by atoms with van der Waals surface area (Å²) in [6.07, 6.45) is -5.88. The number of hydrogen-bond acceptors (Lipinski definition) is 2. The molecule has 0 bridgehead atoms. The van der Waals surface area contributed by atoms with Gasteiger partial charge in [0.2, 0.25) is 5.91 Å². The molecule has 3 nitrogen and oxygen atoms in total. The molecule has 0 unspecified atom stereocenters. The van der Waals surface area contributed by atoms with E-state index in [4.69, 9.17) is 5.73 Å². The Morgan fingerprint density at radius 3 is 2.27 bits per heavy atom. The zero-order valence-corrected chi connectivity index (χ0v) is 8.95. The molecule has 1 amide bonds. The van der Waals surface area contributed by atoms with Crippen molar-refractivity contribution < 1.29 is 18.0 Å². The largest absolute Gasteiger partial charge is 0.389 e. The highest BCUT2D eigenvalue weighted by Gasteiger charge is 2.28. The van der Waals surface area contributed by atoms with E-state index in [0.717, 1.165) is 0 Å². The topological polar surface area (TPSA) is 55.1 Å². The standard InChI is InChI=1S/C9H17F3N2O/c1-8(2,5-13)6-14-7(15)3-4-9(10,11)12/h3-6,13H2,1-2H3,(H,14,15). The molecule has 0 aromatic carbocycles. The van der Waals surface area contributed by atoms with Crippen LogP contribution in [0.25, 0.3) is 0 Å². The molecule has 0 fully saturated rings. The molecular formula is C9H17F3N2O. The second-order valence-corrected chi connectivity index (χ2v) is 4.26. The summed E-state index contributed by atoms with van der Waals surface area (Å²) in [5, 5.41) is 2.43. The fourth-order valence-corrected chi connectivity index (χ4v) is 0.754. The van der Waals surface area contributed by atoms with E-state index in [2.05, 4.69) is 5.32 Å². The minimum Gasteiger partial charge on any atom is -0.356 e. The first-order chi connectivity index (χ1) is 6.66. The lowest BCUT2D eigenvalue weighted by Gasteiger charge is -2.22. The first kappa shape index (κ1) is 14.2. The van der Waals surface area contributed by atoms with Crippen molar-refractivity contribution in [1.29, 1.82) is 0 Å². The third kappa shape index (κ3) is 8.23. The lowest BCUT2D eigenvalue weighted by molar-refractivity contribution is -0.144. The van der Waals surface area contributed by atoms with Crippen LogP contribution in [0.15, 0.2) is 0 Å².